The van der Waals surface area contributed by atoms with E-state index in [-0.39, 0.29) is 17.3 Å². The molecule has 3 rings (SSSR count). The van der Waals surface area contributed by atoms with Gasteiger partial charge in [0.25, 0.3) is 5.56 Å². The number of unbranched alkanes of at least 4 members (excludes halogenated alkanes) is 1. The molecule has 29 heavy (non-hydrogen) atoms. The zero-order valence-electron chi connectivity index (χ0n) is 16.3. The van der Waals surface area contributed by atoms with E-state index in [4.69, 9.17) is 16.3 Å². The number of rotatable bonds is 8. The Morgan fingerprint density at radius 1 is 1.21 bits per heavy atom. The van der Waals surface area contributed by atoms with E-state index in [1.165, 1.54) is 16.8 Å². The van der Waals surface area contributed by atoms with Gasteiger partial charge in [-0.05, 0) is 25.0 Å². The Hall–Kier alpha value is -2.94. The first-order chi connectivity index (χ1) is 14.0. The molecule has 9 nitrogen and oxygen atoms in total. The largest absolute Gasteiger partial charge is 0.454 e. The second-order valence-electron chi connectivity index (χ2n) is 6.53. The number of hydrogen-bond donors (Lipinski definition) is 1. The van der Waals surface area contributed by atoms with Crippen molar-refractivity contribution in [3.8, 4) is 0 Å². The lowest BCUT2D eigenvalue weighted by atomic mass is 10.3. The summed E-state index contributed by atoms with van der Waals surface area (Å²) in [6.07, 6.45) is 3.86. The SMILES string of the molecule is CCCCn1c(=O)[nH]c(=O)c2c1nc(COC(=O)c1cccnc1Cl)n2CCC. The molecule has 0 aliphatic heterocycles. The zero-order valence-corrected chi connectivity index (χ0v) is 17.0. The molecule has 0 aromatic carbocycles. The van der Waals surface area contributed by atoms with Crippen LogP contribution in [0.4, 0.5) is 0 Å². The Morgan fingerprint density at radius 2 is 2.00 bits per heavy atom. The quantitative estimate of drug-likeness (QED) is 0.443. The molecular weight excluding hydrogens is 398 g/mol. The van der Waals surface area contributed by atoms with Crippen LogP contribution in [0.5, 0.6) is 0 Å². The average Bonchev–Trinajstić information content (AvgIpc) is 3.05. The summed E-state index contributed by atoms with van der Waals surface area (Å²) in [7, 11) is 0. The third kappa shape index (κ3) is 4.24. The van der Waals surface area contributed by atoms with Crippen molar-refractivity contribution in [1.82, 2.24) is 24.1 Å². The second kappa shape index (κ2) is 9.04. The smallest absolute Gasteiger partial charge is 0.341 e. The fourth-order valence-corrected chi connectivity index (χ4v) is 3.26. The molecule has 3 aromatic heterocycles. The molecule has 1 N–H and O–H groups in total. The number of esters is 1. The van der Waals surface area contributed by atoms with Gasteiger partial charge in [0.1, 0.15) is 17.6 Å². The normalized spacial score (nSPS) is 11.1. The van der Waals surface area contributed by atoms with Crippen LogP contribution in [0.2, 0.25) is 5.15 Å². The van der Waals surface area contributed by atoms with E-state index >= 15 is 0 Å². The minimum Gasteiger partial charge on any atom is -0.454 e. The highest BCUT2D eigenvalue weighted by molar-refractivity contribution is 6.32. The molecule has 0 aliphatic carbocycles. The van der Waals surface area contributed by atoms with E-state index in [0.29, 0.717) is 30.1 Å². The van der Waals surface area contributed by atoms with Gasteiger partial charge in [-0.25, -0.2) is 19.6 Å². The molecule has 10 heteroatoms. The van der Waals surface area contributed by atoms with Gasteiger partial charge in [0, 0.05) is 19.3 Å². The van der Waals surface area contributed by atoms with Crippen LogP contribution >= 0.6 is 11.6 Å². The number of carbonyl (C=O) groups is 1. The van der Waals surface area contributed by atoms with Crippen LogP contribution in [0.1, 0.15) is 49.3 Å². The summed E-state index contributed by atoms with van der Waals surface area (Å²) < 4.78 is 8.50. The number of nitrogens with one attached hydrogen (secondary N) is 1. The summed E-state index contributed by atoms with van der Waals surface area (Å²) >= 11 is 5.94. The Bertz CT molecular complexity index is 1150. The number of ether oxygens (including phenoxy) is 1. The van der Waals surface area contributed by atoms with Crippen LogP contribution in [-0.2, 0) is 24.4 Å². The van der Waals surface area contributed by atoms with Crippen molar-refractivity contribution in [2.24, 2.45) is 0 Å². The predicted octanol–water partition coefficient (Wildman–Crippen LogP) is 2.50. The van der Waals surface area contributed by atoms with Crippen molar-refractivity contribution in [2.75, 3.05) is 0 Å². The van der Waals surface area contributed by atoms with Gasteiger partial charge in [0.15, 0.2) is 11.2 Å². The number of nitrogens with zero attached hydrogens (tertiary/aromatic N) is 4. The number of hydrogen-bond acceptors (Lipinski definition) is 6. The third-order valence-corrected chi connectivity index (χ3v) is 4.76. The van der Waals surface area contributed by atoms with E-state index in [0.717, 1.165) is 19.3 Å². The maximum absolute atomic E-state index is 12.5. The lowest BCUT2D eigenvalue weighted by molar-refractivity contribution is 0.0458. The molecule has 154 valence electrons. The zero-order chi connectivity index (χ0) is 21.0. The molecule has 0 spiro atoms. The lowest BCUT2D eigenvalue weighted by Gasteiger charge is -2.09. The van der Waals surface area contributed by atoms with Crippen LogP contribution in [0, 0.1) is 0 Å². The first-order valence-electron chi connectivity index (χ1n) is 9.47. The lowest BCUT2D eigenvalue weighted by Crippen LogP contribution is -2.31. The summed E-state index contributed by atoms with van der Waals surface area (Å²) in [5.41, 5.74) is -0.265. The van der Waals surface area contributed by atoms with Crippen LogP contribution in [0.15, 0.2) is 27.9 Å². The highest BCUT2D eigenvalue weighted by Crippen LogP contribution is 2.17. The summed E-state index contributed by atoms with van der Waals surface area (Å²) in [6, 6.07) is 3.10. The third-order valence-electron chi connectivity index (χ3n) is 4.46. The molecule has 0 unspecified atom stereocenters. The van der Waals surface area contributed by atoms with Gasteiger partial charge < -0.3 is 9.30 Å². The molecule has 0 radical (unpaired) electrons. The molecular formula is C19H22ClN5O4. The first-order valence-corrected chi connectivity index (χ1v) is 9.85. The van der Waals surface area contributed by atoms with E-state index in [2.05, 4.69) is 15.0 Å². The van der Waals surface area contributed by atoms with Crippen molar-refractivity contribution < 1.29 is 9.53 Å². The molecule has 3 heterocycles. The van der Waals surface area contributed by atoms with Gasteiger partial charge in [-0.1, -0.05) is 31.9 Å². The number of fused-ring (bicyclic) bond motifs is 1. The van der Waals surface area contributed by atoms with Crippen LogP contribution in [0.25, 0.3) is 11.2 Å². The van der Waals surface area contributed by atoms with Crippen molar-refractivity contribution >= 4 is 28.7 Å². The number of carbonyl (C=O) groups excluding carboxylic acids is 1. The second-order valence-corrected chi connectivity index (χ2v) is 6.89. The molecule has 0 saturated carbocycles. The molecule has 3 aromatic rings. The molecule has 0 atom stereocenters. The highest BCUT2D eigenvalue weighted by atomic mass is 35.5. The van der Waals surface area contributed by atoms with E-state index in [9.17, 15) is 14.4 Å². The van der Waals surface area contributed by atoms with E-state index in [1.54, 1.807) is 10.6 Å². The van der Waals surface area contributed by atoms with Gasteiger partial charge in [-0.15, -0.1) is 0 Å². The fourth-order valence-electron chi connectivity index (χ4n) is 3.06. The highest BCUT2D eigenvalue weighted by Gasteiger charge is 2.20. The number of aromatic amines is 1. The van der Waals surface area contributed by atoms with Gasteiger partial charge in [0.05, 0.1) is 5.56 Å². The maximum atomic E-state index is 12.5. The van der Waals surface area contributed by atoms with Gasteiger partial charge >= 0.3 is 11.7 Å². The molecule has 0 fully saturated rings. The topological polar surface area (TPSA) is 112 Å². The minimum atomic E-state index is -0.643. The van der Waals surface area contributed by atoms with Gasteiger partial charge in [0.2, 0.25) is 0 Å². The maximum Gasteiger partial charge on any atom is 0.341 e. The monoisotopic (exact) mass is 419 g/mol. The van der Waals surface area contributed by atoms with E-state index in [1.807, 2.05) is 13.8 Å². The average molecular weight is 420 g/mol. The van der Waals surface area contributed by atoms with Crippen molar-refractivity contribution in [2.45, 2.75) is 52.8 Å². The van der Waals surface area contributed by atoms with Crippen molar-refractivity contribution in [3.63, 3.8) is 0 Å². The Balaban J connectivity index is 2.01. The van der Waals surface area contributed by atoms with Gasteiger partial charge in [-0.3, -0.25) is 14.3 Å². The Labute approximate surface area is 171 Å². The number of imidazole rings is 1. The summed E-state index contributed by atoms with van der Waals surface area (Å²) in [6.45, 7) is 4.74. The summed E-state index contributed by atoms with van der Waals surface area (Å²) in [5, 5.41) is 0.0457. The van der Waals surface area contributed by atoms with E-state index < -0.39 is 17.2 Å². The van der Waals surface area contributed by atoms with Crippen molar-refractivity contribution in [3.05, 3.63) is 55.7 Å². The van der Waals surface area contributed by atoms with Crippen LogP contribution in [0.3, 0.4) is 0 Å². The molecule has 0 bridgehead atoms. The predicted molar refractivity (Wildman–Crippen MR) is 108 cm³/mol. The summed E-state index contributed by atoms with van der Waals surface area (Å²) in [5.74, 6) is -0.257. The summed E-state index contributed by atoms with van der Waals surface area (Å²) in [4.78, 5) is 47.8. The number of pyridine rings is 1. The van der Waals surface area contributed by atoms with Crippen LogP contribution < -0.4 is 11.2 Å². The van der Waals surface area contributed by atoms with Crippen LogP contribution in [-0.4, -0.2) is 30.1 Å². The van der Waals surface area contributed by atoms with Gasteiger partial charge in [-0.2, -0.15) is 0 Å². The number of halogens is 1. The number of H-pyrrole nitrogens is 1. The number of aryl methyl sites for hydroxylation is 2. The fraction of sp³-hybridized carbons (Fsp3) is 0.421. The first kappa shape index (κ1) is 20.8. The Kier molecular flexibility index (Phi) is 6.48. The standard InChI is InChI=1S/C19H22ClN5O4/c1-3-5-10-25-16-14(17(26)23-19(25)28)24(9-4-2)13(22-16)11-29-18(27)12-7-6-8-21-15(12)20/h6-8H,3-5,9-11H2,1-2H3,(H,23,26,28). The molecule has 0 amide bonds. The molecule has 0 aliphatic rings. The molecule has 0 saturated heterocycles. The minimum absolute atomic E-state index is 0.0457. The van der Waals surface area contributed by atoms with Crippen molar-refractivity contribution in [1.29, 1.82) is 0 Å². The Morgan fingerprint density at radius 3 is 2.69 bits per heavy atom. The number of aromatic nitrogens is 5.